The Morgan fingerprint density at radius 1 is 1.27 bits per heavy atom. The molecule has 1 aromatic rings. The number of hydrogen-bond acceptors (Lipinski definition) is 1. The van der Waals surface area contributed by atoms with Crippen LogP contribution in [0.5, 0.6) is 5.75 Å². The van der Waals surface area contributed by atoms with E-state index in [0.29, 0.717) is 0 Å². The van der Waals surface area contributed by atoms with Crippen LogP contribution in [0.4, 0.5) is 0 Å². The topological polar surface area (TPSA) is 9.23 Å². The summed E-state index contributed by atoms with van der Waals surface area (Å²) < 4.78 is 5.06. The Bertz CT molecular complexity index is 447. The predicted molar refractivity (Wildman–Crippen MR) is 62.8 cm³/mol. The molecule has 0 aromatic heterocycles. The van der Waals surface area contributed by atoms with Crippen LogP contribution in [0.3, 0.4) is 0 Å². The molecule has 0 atom stereocenters. The first-order chi connectivity index (χ1) is 7.36. The molecule has 0 heterocycles. The van der Waals surface area contributed by atoms with Gasteiger partial charge in [-0.15, -0.1) is 0 Å². The molecule has 0 saturated carbocycles. The van der Waals surface area contributed by atoms with Crippen LogP contribution in [0.2, 0.25) is 0 Å². The SMILES string of the molecule is C=C=C=C=CC=Cc1ccc(OC)cc1. The van der Waals surface area contributed by atoms with Crippen molar-refractivity contribution in [1.82, 2.24) is 0 Å². The zero-order valence-corrected chi connectivity index (χ0v) is 8.66. The second kappa shape index (κ2) is 6.32. The third-order valence-electron chi connectivity index (χ3n) is 1.74. The minimum atomic E-state index is 0.858. The average Bonchev–Trinajstić information content (AvgIpc) is 2.30. The van der Waals surface area contributed by atoms with Crippen LogP contribution in [-0.2, 0) is 0 Å². The standard InChI is InChI=1S/C14H12O/c1-3-4-5-6-7-8-13-9-11-14(15-2)12-10-13/h6-12H,1H2,2H3. The van der Waals surface area contributed by atoms with E-state index >= 15 is 0 Å². The lowest BCUT2D eigenvalue weighted by Crippen LogP contribution is -1.81. The van der Waals surface area contributed by atoms with Crippen molar-refractivity contribution in [3.63, 3.8) is 0 Å². The molecule has 15 heavy (non-hydrogen) atoms. The Hall–Kier alpha value is -2.16. The van der Waals surface area contributed by atoms with Gasteiger partial charge in [0, 0.05) is 0 Å². The zero-order chi connectivity index (χ0) is 10.9. The van der Waals surface area contributed by atoms with Gasteiger partial charge in [0.05, 0.1) is 7.11 Å². The van der Waals surface area contributed by atoms with Crippen LogP contribution < -0.4 is 4.74 Å². The summed E-state index contributed by atoms with van der Waals surface area (Å²) in [5, 5.41) is 0. The summed E-state index contributed by atoms with van der Waals surface area (Å²) >= 11 is 0. The smallest absolute Gasteiger partial charge is 0.118 e. The predicted octanol–water partition coefficient (Wildman–Crippen LogP) is 3.36. The third kappa shape index (κ3) is 4.04. The number of allylic oxidation sites excluding steroid dienone is 2. The highest BCUT2D eigenvalue weighted by atomic mass is 16.5. The molecule has 0 aliphatic carbocycles. The number of benzene rings is 1. The molecule has 1 aromatic carbocycles. The Labute approximate surface area is 90.0 Å². The van der Waals surface area contributed by atoms with E-state index in [4.69, 9.17) is 4.74 Å². The zero-order valence-electron chi connectivity index (χ0n) is 8.66. The molecule has 0 N–H and O–H groups in total. The lowest BCUT2D eigenvalue weighted by molar-refractivity contribution is 0.415. The first-order valence-electron chi connectivity index (χ1n) is 4.53. The van der Waals surface area contributed by atoms with Gasteiger partial charge in [0.1, 0.15) is 5.75 Å². The Morgan fingerprint density at radius 3 is 2.60 bits per heavy atom. The molecular formula is C14H12O. The fourth-order valence-corrected chi connectivity index (χ4v) is 1.02. The van der Waals surface area contributed by atoms with E-state index in [0.717, 1.165) is 11.3 Å². The highest BCUT2D eigenvalue weighted by molar-refractivity contribution is 5.52. The quantitative estimate of drug-likeness (QED) is 0.532. The molecule has 1 heteroatoms. The van der Waals surface area contributed by atoms with Crippen LogP contribution in [0.25, 0.3) is 6.08 Å². The van der Waals surface area contributed by atoms with Gasteiger partial charge < -0.3 is 4.74 Å². The van der Waals surface area contributed by atoms with Crippen molar-refractivity contribution in [1.29, 1.82) is 0 Å². The largest absolute Gasteiger partial charge is 0.497 e. The average molecular weight is 196 g/mol. The number of ether oxygens (including phenoxy) is 1. The highest BCUT2D eigenvalue weighted by Gasteiger charge is 1.88. The van der Waals surface area contributed by atoms with Crippen LogP contribution in [-0.4, -0.2) is 7.11 Å². The molecule has 74 valence electrons. The third-order valence-corrected chi connectivity index (χ3v) is 1.74. The Kier molecular flexibility index (Phi) is 4.60. The Morgan fingerprint density at radius 2 is 2.00 bits per heavy atom. The monoisotopic (exact) mass is 196 g/mol. The molecule has 0 aliphatic rings. The fourth-order valence-electron chi connectivity index (χ4n) is 1.02. The summed E-state index contributed by atoms with van der Waals surface area (Å²) in [5.41, 5.74) is 8.98. The van der Waals surface area contributed by atoms with E-state index < -0.39 is 0 Å². The van der Waals surface area contributed by atoms with Gasteiger partial charge in [0.25, 0.3) is 0 Å². The van der Waals surface area contributed by atoms with Gasteiger partial charge in [0.2, 0.25) is 0 Å². The minimum Gasteiger partial charge on any atom is -0.497 e. The first kappa shape index (κ1) is 10.9. The fraction of sp³-hybridized carbons (Fsp3) is 0.0714. The molecule has 0 spiro atoms. The van der Waals surface area contributed by atoms with Crippen LogP contribution in [0.15, 0.2) is 60.2 Å². The van der Waals surface area contributed by atoms with Crippen LogP contribution >= 0.6 is 0 Å². The second-order valence-electron chi connectivity index (χ2n) is 2.75. The summed E-state index contributed by atoms with van der Waals surface area (Å²) in [6.45, 7) is 3.38. The summed E-state index contributed by atoms with van der Waals surface area (Å²) in [5.74, 6) is 0.858. The molecule has 0 saturated heterocycles. The lowest BCUT2D eigenvalue weighted by Gasteiger charge is -1.98. The lowest BCUT2D eigenvalue weighted by atomic mass is 10.2. The maximum atomic E-state index is 5.06. The van der Waals surface area contributed by atoms with Gasteiger partial charge in [-0.2, -0.15) is 0 Å². The molecule has 0 amide bonds. The van der Waals surface area contributed by atoms with Crippen molar-refractivity contribution in [2.45, 2.75) is 0 Å². The number of rotatable bonds is 3. The Balaban J connectivity index is 2.73. The second-order valence-corrected chi connectivity index (χ2v) is 2.75. The van der Waals surface area contributed by atoms with Crippen molar-refractivity contribution in [2.24, 2.45) is 0 Å². The maximum absolute atomic E-state index is 5.06. The summed E-state index contributed by atoms with van der Waals surface area (Å²) in [6.07, 6.45) is 5.60. The molecule has 0 bridgehead atoms. The van der Waals surface area contributed by atoms with Gasteiger partial charge in [-0.1, -0.05) is 35.7 Å². The van der Waals surface area contributed by atoms with E-state index in [1.807, 2.05) is 36.4 Å². The van der Waals surface area contributed by atoms with Crippen molar-refractivity contribution in [2.75, 3.05) is 7.11 Å². The van der Waals surface area contributed by atoms with Gasteiger partial charge in [0.15, 0.2) is 0 Å². The summed E-state index contributed by atoms with van der Waals surface area (Å²) in [6, 6.07) is 7.80. The van der Waals surface area contributed by atoms with Crippen LogP contribution in [0.1, 0.15) is 5.56 Å². The summed E-state index contributed by atoms with van der Waals surface area (Å²) in [7, 11) is 1.65. The maximum Gasteiger partial charge on any atom is 0.118 e. The van der Waals surface area contributed by atoms with E-state index in [1.165, 1.54) is 0 Å². The van der Waals surface area contributed by atoms with Crippen LogP contribution in [0, 0.1) is 0 Å². The molecule has 0 aliphatic heterocycles. The van der Waals surface area contributed by atoms with E-state index in [-0.39, 0.29) is 0 Å². The van der Waals surface area contributed by atoms with Crippen molar-refractivity contribution in [3.8, 4) is 5.75 Å². The van der Waals surface area contributed by atoms with Crippen molar-refractivity contribution >= 4 is 6.08 Å². The normalized spacial score (nSPS) is 8.87. The van der Waals surface area contributed by atoms with E-state index in [9.17, 15) is 0 Å². The first-order valence-corrected chi connectivity index (χ1v) is 4.53. The number of hydrogen-bond donors (Lipinski definition) is 0. The minimum absolute atomic E-state index is 0.858. The van der Waals surface area contributed by atoms with E-state index in [1.54, 1.807) is 13.2 Å². The molecular weight excluding hydrogens is 184 g/mol. The number of methoxy groups -OCH3 is 1. The molecule has 0 radical (unpaired) electrons. The summed E-state index contributed by atoms with van der Waals surface area (Å²) in [4.78, 5) is 0. The highest BCUT2D eigenvalue weighted by Crippen LogP contribution is 2.11. The van der Waals surface area contributed by atoms with E-state index in [2.05, 4.69) is 23.8 Å². The van der Waals surface area contributed by atoms with Crippen molar-refractivity contribution < 1.29 is 4.74 Å². The van der Waals surface area contributed by atoms with Gasteiger partial charge in [-0.05, 0) is 36.1 Å². The molecule has 0 fully saturated rings. The van der Waals surface area contributed by atoms with Gasteiger partial charge in [-0.3, -0.25) is 0 Å². The van der Waals surface area contributed by atoms with Crippen molar-refractivity contribution in [3.05, 3.63) is 65.8 Å². The molecule has 1 nitrogen and oxygen atoms in total. The molecule has 0 unspecified atom stereocenters. The van der Waals surface area contributed by atoms with Gasteiger partial charge >= 0.3 is 0 Å². The molecule has 1 rings (SSSR count). The van der Waals surface area contributed by atoms with Gasteiger partial charge in [-0.25, -0.2) is 0 Å².